The number of rotatable bonds is 6. The number of amides is 2. The van der Waals surface area contributed by atoms with Crippen LogP contribution in [0.4, 0.5) is 5.69 Å². The molecule has 1 saturated carbocycles. The summed E-state index contributed by atoms with van der Waals surface area (Å²) in [6, 6.07) is 14.0. The number of nitrogens with one attached hydrogen (secondary N) is 2. The summed E-state index contributed by atoms with van der Waals surface area (Å²) in [6.07, 6.45) is 1.49. The quantitative estimate of drug-likeness (QED) is 0.833. The van der Waals surface area contributed by atoms with Crippen LogP contribution in [0.3, 0.4) is 0 Å². The maximum Gasteiger partial charge on any atom is 0.228 e. The van der Waals surface area contributed by atoms with Gasteiger partial charge in [0.05, 0.1) is 11.8 Å². The van der Waals surface area contributed by atoms with E-state index in [0.29, 0.717) is 13.0 Å². The van der Waals surface area contributed by atoms with Crippen molar-refractivity contribution >= 4 is 17.5 Å². The molecular weight excluding hydrogens is 324 g/mol. The van der Waals surface area contributed by atoms with Gasteiger partial charge >= 0.3 is 0 Å². The SMILES string of the molecule is CCc1cccc(C)c1NC(=O)C1CC1C(=O)NCc1ccccc1C. The van der Waals surface area contributed by atoms with Crippen LogP contribution in [0.1, 0.15) is 35.6 Å². The molecule has 2 N–H and O–H groups in total. The maximum atomic E-state index is 12.5. The molecule has 1 aliphatic rings. The molecule has 2 atom stereocenters. The molecule has 2 aromatic carbocycles. The van der Waals surface area contributed by atoms with Crippen molar-refractivity contribution in [3.63, 3.8) is 0 Å². The Labute approximate surface area is 155 Å². The molecule has 0 aliphatic heterocycles. The van der Waals surface area contributed by atoms with Crippen molar-refractivity contribution in [3.05, 3.63) is 64.7 Å². The largest absolute Gasteiger partial charge is 0.352 e. The van der Waals surface area contributed by atoms with Gasteiger partial charge in [-0.3, -0.25) is 9.59 Å². The van der Waals surface area contributed by atoms with Crippen molar-refractivity contribution in [1.29, 1.82) is 0 Å². The third kappa shape index (κ3) is 3.96. The molecule has 0 saturated heterocycles. The number of anilines is 1. The van der Waals surface area contributed by atoms with Gasteiger partial charge < -0.3 is 10.6 Å². The van der Waals surface area contributed by atoms with E-state index in [2.05, 4.69) is 17.6 Å². The van der Waals surface area contributed by atoms with Gasteiger partial charge in [-0.25, -0.2) is 0 Å². The minimum Gasteiger partial charge on any atom is -0.352 e. The van der Waals surface area contributed by atoms with Gasteiger partial charge in [0.25, 0.3) is 0 Å². The maximum absolute atomic E-state index is 12.5. The van der Waals surface area contributed by atoms with Crippen LogP contribution in [0.25, 0.3) is 0 Å². The minimum atomic E-state index is -0.226. The van der Waals surface area contributed by atoms with Gasteiger partial charge in [0.1, 0.15) is 0 Å². The lowest BCUT2D eigenvalue weighted by Gasteiger charge is -2.13. The van der Waals surface area contributed by atoms with Crippen molar-refractivity contribution in [3.8, 4) is 0 Å². The molecule has 2 aromatic rings. The normalized spacial score (nSPS) is 18.3. The van der Waals surface area contributed by atoms with Crippen LogP contribution in [-0.2, 0) is 22.6 Å². The topological polar surface area (TPSA) is 58.2 Å². The summed E-state index contributed by atoms with van der Waals surface area (Å²) in [5.74, 6) is -0.525. The Hall–Kier alpha value is -2.62. The first kappa shape index (κ1) is 18.2. The second-order valence-electron chi connectivity index (χ2n) is 7.04. The van der Waals surface area contributed by atoms with Crippen molar-refractivity contribution in [1.82, 2.24) is 5.32 Å². The summed E-state index contributed by atoms with van der Waals surface area (Å²) in [5, 5.41) is 6.01. The molecule has 0 spiro atoms. The van der Waals surface area contributed by atoms with Crippen LogP contribution in [0.5, 0.6) is 0 Å². The molecule has 0 heterocycles. The van der Waals surface area contributed by atoms with Crippen molar-refractivity contribution in [2.45, 2.75) is 40.2 Å². The first-order valence-electron chi connectivity index (χ1n) is 9.22. The highest BCUT2D eigenvalue weighted by atomic mass is 16.2. The van der Waals surface area contributed by atoms with E-state index in [9.17, 15) is 9.59 Å². The number of carbonyl (C=O) groups is 2. The number of aryl methyl sites for hydroxylation is 3. The Bertz CT molecular complexity index is 829. The van der Waals surface area contributed by atoms with Gasteiger partial charge in [0.2, 0.25) is 11.8 Å². The highest BCUT2D eigenvalue weighted by Crippen LogP contribution is 2.40. The van der Waals surface area contributed by atoms with E-state index in [-0.39, 0.29) is 23.7 Å². The zero-order valence-electron chi connectivity index (χ0n) is 15.6. The Balaban J connectivity index is 1.56. The van der Waals surface area contributed by atoms with Crippen LogP contribution < -0.4 is 10.6 Å². The predicted octanol–water partition coefficient (Wildman–Crippen LogP) is 3.76. The highest BCUT2D eigenvalue weighted by molar-refractivity contribution is 6.00. The molecule has 4 nitrogen and oxygen atoms in total. The van der Waals surface area contributed by atoms with E-state index in [1.165, 1.54) is 0 Å². The van der Waals surface area contributed by atoms with Crippen molar-refractivity contribution < 1.29 is 9.59 Å². The lowest BCUT2D eigenvalue weighted by Crippen LogP contribution is -2.27. The fourth-order valence-corrected chi connectivity index (χ4v) is 3.31. The van der Waals surface area contributed by atoms with Crippen LogP contribution >= 0.6 is 0 Å². The summed E-state index contributed by atoms with van der Waals surface area (Å²) in [6.45, 7) is 6.61. The number of benzene rings is 2. The van der Waals surface area contributed by atoms with Gasteiger partial charge in [0.15, 0.2) is 0 Å². The van der Waals surface area contributed by atoms with E-state index >= 15 is 0 Å². The zero-order chi connectivity index (χ0) is 18.7. The third-order valence-corrected chi connectivity index (χ3v) is 5.17. The van der Waals surface area contributed by atoms with E-state index in [1.54, 1.807) is 0 Å². The lowest BCUT2D eigenvalue weighted by molar-refractivity contribution is -0.125. The third-order valence-electron chi connectivity index (χ3n) is 5.17. The second kappa shape index (κ2) is 7.73. The molecule has 2 amide bonds. The van der Waals surface area contributed by atoms with Crippen molar-refractivity contribution in [2.24, 2.45) is 11.8 Å². The molecule has 136 valence electrons. The Morgan fingerprint density at radius 1 is 0.923 bits per heavy atom. The van der Waals surface area contributed by atoms with Gasteiger partial charge in [-0.15, -0.1) is 0 Å². The van der Waals surface area contributed by atoms with E-state index in [0.717, 1.165) is 34.4 Å². The van der Waals surface area contributed by atoms with Gasteiger partial charge in [-0.05, 0) is 48.9 Å². The zero-order valence-corrected chi connectivity index (χ0v) is 15.6. The monoisotopic (exact) mass is 350 g/mol. The molecule has 0 aromatic heterocycles. The molecule has 0 radical (unpaired) electrons. The molecule has 26 heavy (non-hydrogen) atoms. The number of para-hydroxylation sites is 1. The molecule has 1 aliphatic carbocycles. The van der Waals surface area contributed by atoms with E-state index in [4.69, 9.17) is 0 Å². The van der Waals surface area contributed by atoms with Crippen LogP contribution in [-0.4, -0.2) is 11.8 Å². The first-order valence-corrected chi connectivity index (χ1v) is 9.22. The lowest BCUT2D eigenvalue weighted by atomic mass is 10.1. The van der Waals surface area contributed by atoms with Crippen LogP contribution in [0, 0.1) is 25.7 Å². The summed E-state index contributed by atoms with van der Waals surface area (Å²) >= 11 is 0. The average Bonchev–Trinajstić information content (AvgIpc) is 3.43. The van der Waals surface area contributed by atoms with Gasteiger partial charge in [-0.2, -0.15) is 0 Å². The van der Waals surface area contributed by atoms with E-state index in [1.807, 2.05) is 56.3 Å². The minimum absolute atomic E-state index is 0.0334. The Kier molecular flexibility index (Phi) is 5.40. The summed E-state index contributed by atoms with van der Waals surface area (Å²) in [4.78, 5) is 24.9. The van der Waals surface area contributed by atoms with Gasteiger partial charge in [0, 0.05) is 12.2 Å². The molecule has 2 unspecified atom stereocenters. The summed E-state index contributed by atoms with van der Waals surface area (Å²) in [5.41, 5.74) is 5.34. The second-order valence-corrected chi connectivity index (χ2v) is 7.04. The Morgan fingerprint density at radius 3 is 2.31 bits per heavy atom. The standard InChI is InChI=1S/C22H26N2O2/c1-4-16-11-7-9-15(3)20(16)24-22(26)19-12-18(19)21(25)23-13-17-10-6-5-8-14(17)2/h5-11,18-19H,4,12-13H2,1-3H3,(H,23,25)(H,24,26). The Morgan fingerprint density at radius 2 is 1.58 bits per heavy atom. The molecular formula is C22H26N2O2. The molecule has 1 fully saturated rings. The first-order chi connectivity index (χ1) is 12.5. The number of carbonyl (C=O) groups excluding carboxylic acids is 2. The van der Waals surface area contributed by atoms with Crippen molar-refractivity contribution in [2.75, 3.05) is 5.32 Å². The smallest absolute Gasteiger partial charge is 0.228 e. The molecule has 4 heteroatoms. The summed E-state index contributed by atoms with van der Waals surface area (Å²) in [7, 11) is 0. The number of hydrogen-bond acceptors (Lipinski definition) is 2. The summed E-state index contributed by atoms with van der Waals surface area (Å²) < 4.78 is 0. The fourth-order valence-electron chi connectivity index (χ4n) is 3.31. The molecule has 3 rings (SSSR count). The highest BCUT2D eigenvalue weighted by Gasteiger charge is 2.48. The average molecular weight is 350 g/mol. The van der Waals surface area contributed by atoms with Crippen LogP contribution in [0.2, 0.25) is 0 Å². The number of hydrogen-bond donors (Lipinski definition) is 2. The predicted molar refractivity (Wildman–Crippen MR) is 104 cm³/mol. The van der Waals surface area contributed by atoms with Crippen LogP contribution in [0.15, 0.2) is 42.5 Å². The van der Waals surface area contributed by atoms with E-state index < -0.39 is 0 Å². The molecule has 0 bridgehead atoms. The fraction of sp³-hybridized carbons (Fsp3) is 0.364. The van der Waals surface area contributed by atoms with Gasteiger partial charge in [-0.1, -0.05) is 49.4 Å².